The maximum absolute atomic E-state index is 14.2. The molecule has 1 aliphatic carbocycles. The maximum atomic E-state index is 14.2. The van der Waals surface area contributed by atoms with Crippen molar-refractivity contribution in [3.63, 3.8) is 0 Å². The van der Waals surface area contributed by atoms with E-state index in [2.05, 4.69) is 15.3 Å². The number of anilines is 1. The van der Waals surface area contributed by atoms with Crippen molar-refractivity contribution < 1.29 is 13.5 Å². The molecule has 0 spiro atoms. The first-order chi connectivity index (χ1) is 11.7. The number of nitrogens with one attached hydrogen (secondary N) is 1. The standard InChI is InChI=1S/C18H15F2N3O/c1-24-13-3-2-10-6-12(7-11(10)8-13)23-18-16-14(19)4-5-15(20)17(16)21-9-22-18/h2-5,8-9,12H,6-7H2,1H3,(H,21,22,23). The fraction of sp³-hybridized carbons (Fsp3) is 0.222. The Kier molecular flexibility index (Phi) is 3.52. The van der Waals surface area contributed by atoms with Crippen molar-refractivity contribution in [2.45, 2.75) is 18.9 Å². The zero-order valence-electron chi connectivity index (χ0n) is 13.0. The number of halogens is 2. The average Bonchev–Trinajstić information content (AvgIpc) is 2.99. The number of nitrogens with zero attached hydrogens (tertiary/aromatic N) is 2. The van der Waals surface area contributed by atoms with Crippen LogP contribution < -0.4 is 10.1 Å². The van der Waals surface area contributed by atoms with Gasteiger partial charge in [-0.3, -0.25) is 0 Å². The summed E-state index contributed by atoms with van der Waals surface area (Å²) in [7, 11) is 1.64. The Morgan fingerprint density at radius 2 is 1.83 bits per heavy atom. The van der Waals surface area contributed by atoms with Crippen molar-refractivity contribution in [3.05, 3.63) is 59.4 Å². The lowest BCUT2D eigenvalue weighted by Crippen LogP contribution is -2.20. The monoisotopic (exact) mass is 327 g/mol. The summed E-state index contributed by atoms with van der Waals surface area (Å²) in [6.07, 6.45) is 2.81. The minimum absolute atomic E-state index is 0.00956. The van der Waals surface area contributed by atoms with Crippen LogP contribution >= 0.6 is 0 Å². The smallest absolute Gasteiger partial charge is 0.149 e. The predicted octanol–water partition coefficient (Wildman–Crippen LogP) is 3.50. The Morgan fingerprint density at radius 3 is 2.67 bits per heavy atom. The molecule has 0 aliphatic heterocycles. The number of ether oxygens (including phenoxy) is 1. The molecule has 1 aliphatic rings. The first-order valence-corrected chi connectivity index (χ1v) is 7.66. The summed E-state index contributed by atoms with van der Waals surface area (Å²) in [6.45, 7) is 0. The third-order valence-electron chi connectivity index (χ3n) is 4.38. The third-order valence-corrected chi connectivity index (χ3v) is 4.38. The van der Waals surface area contributed by atoms with E-state index >= 15 is 0 Å². The topological polar surface area (TPSA) is 47.0 Å². The molecule has 0 saturated heterocycles. The van der Waals surface area contributed by atoms with Gasteiger partial charge in [0.15, 0.2) is 0 Å². The number of hydrogen-bond acceptors (Lipinski definition) is 4. The zero-order valence-corrected chi connectivity index (χ0v) is 13.0. The molecule has 2 aromatic carbocycles. The fourth-order valence-corrected chi connectivity index (χ4v) is 3.23. The van der Waals surface area contributed by atoms with Crippen molar-refractivity contribution in [2.24, 2.45) is 0 Å². The van der Waals surface area contributed by atoms with Crippen molar-refractivity contribution in [1.82, 2.24) is 9.97 Å². The van der Waals surface area contributed by atoms with Crippen LogP contribution in [0.1, 0.15) is 11.1 Å². The van der Waals surface area contributed by atoms with E-state index in [-0.39, 0.29) is 16.9 Å². The molecular formula is C18H15F2N3O. The molecule has 122 valence electrons. The van der Waals surface area contributed by atoms with Gasteiger partial charge in [0.1, 0.15) is 35.0 Å². The van der Waals surface area contributed by atoms with Crippen LogP contribution in [0.15, 0.2) is 36.7 Å². The van der Waals surface area contributed by atoms with Gasteiger partial charge in [0.2, 0.25) is 0 Å². The summed E-state index contributed by atoms with van der Waals surface area (Å²) in [4.78, 5) is 7.97. The molecular weight excluding hydrogens is 312 g/mol. The van der Waals surface area contributed by atoms with Gasteiger partial charge in [-0.15, -0.1) is 0 Å². The van der Waals surface area contributed by atoms with E-state index in [1.807, 2.05) is 18.2 Å². The molecule has 0 bridgehead atoms. The first kappa shape index (κ1) is 14.8. The van der Waals surface area contributed by atoms with Gasteiger partial charge >= 0.3 is 0 Å². The molecule has 6 heteroatoms. The molecule has 4 nitrogen and oxygen atoms in total. The molecule has 1 heterocycles. The number of hydrogen-bond donors (Lipinski definition) is 1. The minimum Gasteiger partial charge on any atom is -0.497 e. The molecule has 24 heavy (non-hydrogen) atoms. The molecule has 0 radical (unpaired) electrons. The number of aromatic nitrogens is 2. The molecule has 1 N–H and O–H groups in total. The summed E-state index contributed by atoms with van der Waals surface area (Å²) in [5, 5.41) is 3.33. The summed E-state index contributed by atoms with van der Waals surface area (Å²) in [5.74, 6) is 0.0414. The van der Waals surface area contributed by atoms with Gasteiger partial charge in [0, 0.05) is 6.04 Å². The van der Waals surface area contributed by atoms with Crippen molar-refractivity contribution in [3.8, 4) is 5.75 Å². The molecule has 4 rings (SSSR count). The number of fused-ring (bicyclic) bond motifs is 2. The van der Waals surface area contributed by atoms with Crippen molar-refractivity contribution in [2.75, 3.05) is 12.4 Å². The van der Waals surface area contributed by atoms with Gasteiger partial charge in [-0.1, -0.05) is 6.07 Å². The zero-order chi connectivity index (χ0) is 16.7. The van der Waals surface area contributed by atoms with E-state index in [1.54, 1.807) is 7.11 Å². The maximum Gasteiger partial charge on any atom is 0.149 e. The number of methoxy groups -OCH3 is 1. The van der Waals surface area contributed by atoms with Gasteiger partial charge in [-0.05, 0) is 48.2 Å². The lowest BCUT2D eigenvalue weighted by molar-refractivity contribution is 0.414. The van der Waals surface area contributed by atoms with Crippen LogP contribution in [-0.4, -0.2) is 23.1 Å². The highest BCUT2D eigenvalue weighted by atomic mass is 19.1. The lowest BCUT2D eigenvalue weighted by Gasteiger charge is -2.14. The lowest BCUT2D eigenvalue weighted by atomic mass is 10.1. The molecule has 1 unspecified atom stereocenters. The fourth-order valence-electron chi connectivity index (χ4n) is 3.23. The second kappa shape index (κ2) is 5.70. The molecule has 3 aromatic rings. The van der Waals surface area contributed by atoms with Crippen LogP contribution in [0.25, 0.3) is 10.9 Å². The van der Waals surface area contributed by atoms with Crippen LogP contribution in [0.3, 0.4) is 0 Å². The summed E-state index contributed by atoms with van der Waals surface area (Å²) >= 11 is 0. The van der Waals surface area contributed by atoms with Crippen LogP contribution in [0.2, 0.25) is 0 Å². The highest BCUT2D eigenvalue weighted by molar-refractivity contribution is 5.89. The van der Waals surface area contributed by atoms with Gasteiger partial charge in [-0.25, -0.2) is 18.7 Å². The second-order valence-corrected chi connectivity index (χ2v) is 5.86. The van der Waals surface area contributed by atoms with E-state index in [0.717, 1.165) is 30.7 Å². The van der Waals surface area contributed by atoms with Gasteiger partial charge in [-0.2, -0.15) is 0 Å². The summed E-state index contributed by atoms with van der Waals surface area (Å²) in [6, 6.07) is 8.21. The number of benzene rings is 2. The van der Waals surface area contributed by atoms with E-state index in [4.69, 9.17) is 4.74 Å². The molecule has 1 atom stereocenters. The predicted molar refractivity (Wildman–Crippen MR) is 87.3 cm³/mol. The normalized spacial score (nSPS) is 16.2. The minimum atomic E-state index is -0.559. The van der Waals surface area contributed by atoms with E-state index < -0.39 is 11.6 Å². The molecule has 1 aromatic heterocycles. The average molecular weight is 327 g/mol. The van der Waals surface area contributed by atoms with Crippen LogP contribution in [0, 0.1) is 11.6 Å². The Balaban J connectivity index is 1.66. The number of rotatable bonds is 3. The van der Waals surface area contributed by atoms with Gasteiger partial charge < -0.3 is 10.1 Å². The van der Waals surface area contributed by atoms with E-state index in [9.17, 15) is 8.78 Å². The van der Waals surface area contributed by atoms with Crippen molar-refractivity contribution >= 4 is 16.7 Å². The Labute approximate surface area is 137 Å². The van der Waals surface area contributed by atoms with Crippen LogP contribution in [-0.2, 0) is 12.8 Å². The van der Waals surface area contributed by atoms with E-state index in [1.165, 1.54) is 17.5 Å². The molecule has 0 amide bonds. The quantitative estimate of drug-likeness (QED) is 0.800. The highest BCUT2D eigenvalue weighted by Gasteiger charge is 2.23. The van der Waals surface area contributed by atoms with Gasteiger partial charge in [0.05, 0.1) is 12.5 Å². The van der Waals surface area contributed by atoms with Gasteiger partial charge in [0.25, 0.3) is 0 Å². The highest BCUT2D eigenvalue weighted by Crippen LogP contribution is 2.30. The first-order valence-electron chi connectivity index (χ1n) is 7.66. The molecule has 0 fully saturated rings. The Hall–Kier alpha value is -2.76. The summed E-state index contributed by atoms with van der Waals surface area (Å²) < 4.78 is 33.3. The Morgan fingerprint density at radius 1 is 1.04 bits per heavy atom. The van der Waals surface area contributed by atoms with Crippen LogP contribution in [0.5, 0.6) is 5.75 Å². The third kappa shape index (κ3) is 2.44. The second-order valence-electron chi connectivity index (χ2n) is 5.86. The largest absolute Gasteiger partial charge is 0.497 e. The van der Waals surface area contributed by atoms with E-state index in [0.29, 0.717) is 5.82 Å². The molecule has 0 saturated carbocycles. The Bertz CT molecular complexity index is 930. The SMILES string of the molecule is COc1ccc2c(c1)CC(Nc1ncnc3c(F)ccc(F)c13)C2. The summed E-state index contributed by atoms with van der Waals surface area (Å²) in [5.41, 5.74) is 2.40. The van der Waals surface area contributed by atoms with Crippen LogP contribution in [0.4, 0.5) is 14.6 Å². The van der Waals surface area contributed by atoms with Crippen molar-refractivity contribution in [1.29, 1.82) is 0 Å².